The molecular weight excluding hydrogens is 814 g/mol. The molecule has 2 saturated heterocycles. The summed E-state index contributed by atoms with van der Waals surface area (Å²) in [5, 5.41) is 11.0. The lowest BCUT2D eigenvalue weighted by molar-refractivity contribution is 0.111. The van der Waals surface area contributed by atoms with Crippen LogP contribution in [0, 0.1) is 0 Å². The Bertz CT molecular complexity index is 1640. The molecule has 0 atom stereocenters. The van der Waals surface area contributed by atoms with Crippen molar-refractivity contribution < 1.29 is 28.9 Å². The Morgan fingerprint density at radius 1 is 0.593 bits per heavy atom. The molecule has 1 N–H and O–H groups in total. The van der Waals surface area contributed by atoms with Crippen LogP contribution in [-0.2, 0) is 23.8 Å². The van der Waals surface area contributed by atoms with Gasteiger partial charge in [0.25, 0.3) is 0 Å². The van der Waals surface area contributed by atoms with Crippen LogP contribution < -0.4 is 14.2 Å². The minimum Gasteiger partial charge on any atom is -0.504 e. The number of carbonyl (C=O) groups is 2. The van der Waals surface area contributed by atoms with Crippen molar-refractivity contribution in [1.82, 2.24) is 14.7 Å². The van der Waals surface area contributed by atoms with E-state index in [0.717, 1.165) is 55.2 Å². The molecule has 9 nitrogen and oxygen atoms in total. The number of likely N-dealkylation sites (tertiary alicyclic amines) is 1. The molecule has 0 radical (unpaired) electrons. The Balaban J connectivity index is 0.000000228. The number of phenolic OH excluding ortho intramolecular Hbond substituents is 1. The zero-order valence-electron chi connectivity index (χ0n) is 32.0. The molecule has 0 spiro atoms. The first kappa shape index (κ1) is 44.7. The zero-order valence-corrected chi connectivity index (χ0v) is 35.2. The number of nitrogens with zero attached hydrogens (tertiary/aromatic N) is 3. The lowest BCUT2D eigenvalue weighted by Gasteiger charge is -2.32. The Morgan fingerprint density at radius 3 is 1.56 bits per heavy atom. The van der Waals surface area contributed by atoms with Gasteiger partial charge in [-0.3, -0.25) is 14.5 Å². The van der Waals surface area contributed by atoms with Crippen LogP contribution in [0.1, 0.15) is 62.2 Å². The Hall–Kier alpha value is -3.74. The van der Waals surface area contributed by atoms with Crippen LogP contribution in [-0.4, -0.2) is 100.0 Å². The molecule has 0 saturated carbocycles. The maximum atomic E-state index is 10.9. The number of ether oxygens (including phenoxy) is 3. The van der Waals surface area contributed by atoms with Gasteiger partial charge in [-0.15, -0.1) is 0 Å². The van der Waals surface area contributed by atoms with Crippen LogP contribution >= 0.6 is 31.9 Å². The molecule has 0 aliphatic carbocycles. The highest BCUT2D eigenvalue weighted by Gasteiger charge is 2.14. The molecule has 6 rings (SSSR count). The van der Waals surface area contributed by atoms with Crippen LogP contribution in [0.4, 0.5) is 0 Å². The quantitative estimate of drug-likeness (QED) is 0.118. The second kappa shape index (κ2) is 25.4. The molecule has 2 aliphatic rings. The number of rotatable bonds is 11. The molecule has 0 unspecified atom stereocenters. The van der Waals surface area contributed by atoms with E-state index in [4.69, 9.17) is 19.3 Å². The predicted octanol–water partition coefficient (Wildman–Crippen LogP) is 8.63. The van der Waals surface area contributed by atoms with Gasteiger partial charge in [0, 0.05) is 54.5 Å². The van der Waals surface area contributed by atoms with Gasteiger partial charge >= 0.3 is 0 Å². The van der Waals surface area contributed by atoms with Gasteiger partial charge in [-0.25, -0.2) is 0 Å². The first-order valence-corrected chi connectivity index (χ1v) is 20.4. The van der Waals surface area contributed by atoms with Crippen molar-refractivity contribution in [3.05, 3.63) is 118 Å². The predicted molar refractivity (Wildman–Crippen MR) is 225 cm³/mol. The number of piperidine rings is 1. The Kier molecular flexibility index (Phi) is 21.0. The first-order chi connectivity index (χ1) is 26.2. The second-order valence-electron chi connectivity index (χ2n) is 13.2. The number of likely N-dealkylation sites (N-methyl/N-ethyl adjacent to an activating group) is 1. The third-order valence-electron chi connectivity index (χ3n) is 8.99. The van der Waals surface area contributed by atoms with Gasteiger partial charge in [-0.1, -0.05) is 86.8 Å². The first-order valence-electron chi connectivity index (χ1n) is 18.2. The van der Waals surface area contributed by atoms with Crippen LogP contribution in [0.25, 0.3) is 0 Å². The smallest absolute Gasteiger partial charge is 0.161 e. The summed E-state index contributed by atoms with van der Waals surface area (Å²) >= 11 is 6.78. The molecule has 4 aromatic rings. The number of hydrogen-bond acceptors (Lipinski definition) is 9. The van der Waals surface area contributed by atoms with Crippen LogP contribution in [0.2, 0.25) is 0 Å². The molecule has 4 aromatic carbocycles. The highest BCUT2D eigenvalue weighted by molar-refractivity contribution is 9.08. The summed E-state index contributed by atoms with van der Waals surface area (Å²) in [4.78, 5) is 28.4. The fraction of sp³-hybridized carbons (Fsp3) is 0.395. The van der Waals surface area contributed by atoms with E-state index in [1.54, 1.807) is 25.3 Å². The average Bonchev–Trinajstić information content (AvgIpc) is 3.22. The molecule has 54 heavy (non-hydrogen) atoms. The normalized spacial score (nSPS) is 14.5. The molecule has 11 heteroatoms. The monoisotopic (exact) mass is 867 g/mol. The van der Waals surface area contributed by atoms with E-state index in [0.29, 0.717) is 41.3 Å². The van der Waals surface area contributed by atoms with E-state index in [2.05, 4.69) is 109 Å². The van der Waals surface area contributed by atoms with Gasteiger partial charge in [0.2, 0.25) is 0 Å². The van der Waals surface area contributed by atoms with Crippen molar-refractivity contribution >= 4 is 44.4 Å². The molecule has 0 amide bonds. The van der Waals surface area contributed by atoms with Crippen LogP contribution in [0.3, 0.4) is 0 Å². The fourth-order valence-electron chi connectivity index (χ4n) is 5.58. The Labute approximate surface area is 338 Å². The lowest BCUT2D eigenvalue weighted by Crippen LogP contribution is -2.43. The van der Waals surface area contributed by atoms with Crippen LogP contribution in [0.15, 0.2) is 84.9 Å². The number of aromatic hydroxyl groups is 1. The number of aldehydes is 2. The fourth-order valence-corrected chi connectivity index (χ4v) is 6.33. The van der Waals surface area contributed by atoms with Crippen molar-refractivity contribution in [3.8, 4) is 23.0 Å². The Morgan fingerprint density at radius 2 is 1.07 bits per heavy atom. The van der Waals surface area contributed by atoms with E-state index in [1.165, 1.54) is 74.4 Å². The number of alkyl halides is 2. The van der Waals surface area contributed by atoms with E-state index in [1.807, 2.05) is 0 Å². The maximum Gasteiger partial charge on any atom is 0.161 e. The molecular formula is C43H55Br2N3O6. The average molecular weight is 870 g/mol. The molecule has 292 valence electrons. The van der Waals surface area contributed by atoms with Crippen molar-refractivity contribution in [2.75, 3.05) is 67.6 Å². The van der Waals surface area contributed by atoms with Gasteiger partial charge in [0.05, 0.1) is 14.2 Å². The minimum atomic E-state index is 0.0399. The molecule has 0 bridgehead atoms. The molecule has 2 aliphatic heterocycles. The SMILES string of the molecule is BrCc1ccc(CBr)cc1.CN1CCCCC1.COc1cc(C=O)ccc1O.COc1cc(C=O)ccc1OCc1ccc(CN2CCN(C)CC2)cc1. The van der Waals surface area contributed by atoms with Gasteiger partial charge in [0.15, 0.2) is 23.0 Å². The summed E-state index contributed by atoms with van der Waals surface area (Å²) in [6, 6.07) is 26.7. The summed E-state index contributed by atoms with van der Waals surface area (Å²) in [5.41, 5.74) is 6.14. The largest absolute Gasteiger partial charge is 0.504 e. The number of carbonyl (C=O) groups excluding carboxylic acids is 2. The van der Waals surface area contributed by atoms with Crippen molar-refractivity contribution in [1.29, 1.82) is 0 Å². The zero-order chi connectivity index (χ0) is 39.1. The van der Waals surface area contributed by atoms with Crippen molar-refractivity contribution in [3.63, 3.8) is 0 Å². The van der Waals surface area contributed by atoms with Gasteiger partial charge in [-0.2, -0.15) is 0 Å². The molecule has 2 fully saturated rings. The number of benzene rings is 4. The van der Waals surface area contributed by atoms with E-state index >= 15 is 0 Å². The second-order valence-corrected chi connectivity index (χ2v) is 14.3. The summed E-state index contributed by atoms with van der Waals surface area (Å²) in [6.45, 7) is 8.62. The van der Waals surface area contributed by atoms with E-state index in [9.17, 15) is 9.59 Å². The maximum absolute atomic E-state index is 10.9. The third-order valence-corrected chi connectivity index (χ3v) is 10.3. The van der Waals surface area contributed by atoms with Crippen molar-refractivity contribution in [2.45, 2.75) is 43.1 Å². The summed E-state index contributed by atoms with van der Waals surface area (Å²) in [6.07, 6.45) is 5.77. The van der Waals surface area contributed by atoms with E-state index < -0.39 is 0 Å². The van der Waals surface area contributed by atoms with Gasteiger partial charge in [-0.05, 0) is 98.7 Å². The highest BCUT2D eigenvalue weighted by atomic mass is 79.9. The number of phenols is 1. The topological polar surface area (TPSA) is 91.8 Å². The number of methoxy groups -OCH3 is 2. The van der Waals surface area contributed by atoms with Crippen LogP contribution in [0.5, 0.6) is 23.0 Å². The highest BCUT2D eigenvalue weighted by Crippen LogP contribution is 2.28. The minimum absolute atomic E-state index is 0.0399. The summed E-state index contributed by atoms with van der Waals surface area (Å²) in [7, 11) is 7.38. The van der Waals surface area contributed by atoms with Crippen molar-refractivity contribution in [2.24, 2.45) is 0 Å². The molecule has 0 aromatic heterocycles. The third kappa shape index (κ3) is 16.3. The lowest BCUT2D eigenvalue weighted by atomic mass is 10.1. The van der Waals surface area contributed by atoms with E-state index in [-0.39, 0.29) is 5.75 Å². The number of piperazine rings is 1. The summed E-state index contributed by atoms with van der Waals surface area (Å²) in [5.74, 6) is 1.56. The van der Waals surface area contributed by atoms with Gasteiger partial charge < -0.3 is 29.1 Å². The molecule has 2 heterocycles. The number of hydrogen-bond donors (Lipinski definition) is 1. The summed E-state index contributed by atoms with van der Waals surface area (Å²) < 4.78 is 15.9. The van der Waals surface area contributed by atoms with Gasteiger partial charge in [0.1, 0.15) is 19.2 Å². The number of halogens is 2. The standard InChI is InChI=1S/C21H26N2O3.C8H8Br2.C8H8O3.C6H13N/c1-22-9-11-23(12-10-22)14-17-3-5-18(6-4-17)16-26-20-8-7-19(15-24)13-21(20)25-2;9-5-7-1-2-8(6-10)4-3-7;1-11-8-4-6(5-9)2-3-7(8)10;1-7-5-3-2-4-6-7/h3-8,13,15H,9-12,14,16H2,1-2H3;1-4H,5-6H2;2-5,10H,1H3;2-6H2,1H3.